The number of hydrogen-bond donors (Lipinski definition) is 1. The highest BCUT2D eigenvalue weighted by atomic mass is 79.9. The molecule has 102 valence electrons. The van der Waals surface area contributed by atoms with Crippen molar-refractivity contribution in [2.24, 2.45) is 5.92 Å². The van der Waals surface area contributed by atoms with Crippen molar-refractivity contribution in [3.05, 3.63) is 34.3 Å². The molecule has 0 saturated carbocycles. The summed E-state index contributed by atoms with van der Waals surface area (Å²) in [6.07, 6.45) is 6.01. The molecule has 0 heterocycles. The van der Waals surface area contributed by atoms with Crippen molar-refractivity contribution >= 4 is 27.7 Å². The second-order valence-corrected chi connectivity index (χ2v) is 6.54. The predicted molar refractivity (Wildman–Crippen MR) is 87.5 cm³/mol. The van der Waals surface area contributed by atoms with Crippen molar-refractivity contribution in [3.63, 3.8) is 0 Å². The van der Waals surface area contributed by atoms with Crippen LogP contribution in [-0.2, 0) is 6.42 Å². The molecule has 0 fully saturated rings. The molecule has 1 nitrogen and oxygen atoms in total. The summed E-state index contributed by atoms with van der Waals surface area (Å²) >= 11 is 5.50. The Kier molecular flexibility index (Phi) is 8.82. The van der Waals surface area contributed by atoms with Crippen LogP contribution in [0.5, 0.6) is 0 Å². The molecule has 1 atom stereocenters. The van der Waals surface area contributed by atoms with Gasteiger partial charge >= 0.3 is 0 Å². The van der Waals surface area contributed by atoms with Gasteiger partial charge in [0.05, 0.1) is 0 Å². The first kappa shape index (κ1) is 16.1. The van der Waals surface area contributed by atoms with Gasteiger partial charge in [0.1, 0.15) is 0 Å². The minimum atomic E-state index is 0.756. The Morgan fingerprint density at radius 3 is 2.89 bits per heavy atom. The van der Waals surface area contributed by atoms with Crippen molar-refractivity contribution in [2.45, 2.75) is 26.2 Å². The molecular weight excluding hydrogens is 306 g/mol. The Morgan fingerprint density at radius 1 is 1.39 bits per heavy atom. The van der Waals surface area contributed by atoms with Gasteiger partial charge in [-0.05, 0) is 68.0 Å². The van der Waals surface area contributed by atoms with Gasteiger partial charge in [-0.25, -0.2) is 0 Å². The largest absolute Gasteiger partial charge is 0.317 e. The topological polar surface area (TPSA) is 12.0 Å². The van der Waals surface area contributed by atoms with Gasteiger partial charge < -0.3 is 5.32 Å². The van der Waals surface area contributed by atoms with Crippen LogP contribution in [0.15, 0.2) is 28.7 Å². The van der Waals surface area contributed by atoms with Crippen molar-refractivity contribution in [3.8, 4) is 0 Å². The first-order valence-corrected chi connectivity index (χ1v) is 8.89. The molecule has 1 unspecified atom stereocenters. The Morgan fingerprint density at radius 2 is 2.22 bits per heavy atom. The van der Waals surface area contributed by atoms with Crippen LogP contribution in [0.25, 0.3) is 0 Å². The average molecular weight is 330 g/mol. The second-order valence-electron chi connectivity index (χ2n) is 4.64. The lowest BCUT2D eigenvalue weighted by Crippen LogP contribution is -2.24. The van der Waals surface area contributed by atoms with Crippen LogP contribution in [0.1, 0.15) is 25.3 Å². The van der Waals surface area contributed by atoms with Crippen LogP contribution >= 0.6 is 27.7 Å². The van der Waals surface area contributed by atoms with Gasteiger partial charge in [0, 0.05) is 4.47 Å². The Bertz CT molecular complexity index is 330. The fourth-order valence-corrected chi connectivity index (χ4v) is 3.04. The van der Waals surface area contributed by atoms with Crippen LogP contribution in [0.4, 0.5) is 0 Å². The molecule has 1 aromatic rings. The second kappa shape index (κ2) is 9.88. The molecular formula is C15H24BrNS. The lowest BCUT2D eigenvalue weighted by atomic mass is 9.95. The maximum Gasteiger partial charge on any atom is 0.0177 e. The SMILES string of the molecule is CCNCC(CCCSC)Cc1cccc(Br)c1. The van der Waals surface area contributed by atoms with Crippen LogP contribution < -0.4 is 5.32 Å². The van der Waals surface area contributed by atoms with Crippen molar-refractivity contribution in [1.29, 1.82) is 0 Å². The Labute approximate surface area is 124 Å². The molecule has 0 bridgehead atoms. The van der Waals surface area contributed by atoms with Gasteiger partial charge in [-0.2, -0.15) is 11.8 Å². The van der Waals surface area contributed by atoms with Gasteiger partial charge in [0.2, 0.25) is 0 Å². The summed E-state index contributed by atoms with van der Waals surface area (Å²) in [6.45, 7) is 4.38. The Balaban J connectivity index is 2.48. The third kappa shape index (κ3) is 6.81. The fourth-order valence-electron chi connectivity index (χ4n) is 2.14. The monoisotopic (exact) mass is 329 g/mol. The summed E-state index contributed by atoms with van der Waals surface area (Å²) in [5.74, 6) is 2.03. The highest BCUT2D eigenvalue weighted by Gasteiger charge is 2.09. The summed E-state index contributed by atoms with van der Waals surface area (Å²) in [4.78, 5) is 0. The number of nitrogens with one attached hydrogen (secondary N) is 1. The zero-order valence-electron chi connectivity index (χ0n) is 11.4. The summed E-state index contributed by atoms with van der Waals surface area (Å²) in [5, 5.41) is 3.49. The van der Waals surface area contributed by atoms with E-state index in [0.717, 1.165) is 19.0 Å². The quantitative estimate of drug-likeness (QED) is 0.675. The minimum absolute atomic E-state index is 0.756. The molecule has 18 heavy (non-hydrogen) atoms. The van der Waals surface area contributed by atoms with Gasteiger partial charge in [-0.1, -0.05) is 35.0 Å². The van der Waals surface area contributed by atoms with Crippen molar-refractivity contribution in [1.82, 2.24) is 5.32 Å². The first-order valence-electron chi connectivity index (χ1n) is 6.70. The number of hydrogen-bond acceptors (Lipinski definition) is 2. The Hall–Kier alpha value is 0.01000. The molecule has 0 amide bonds. The minimum Gasteiger partial charge on any atom is -0.317 e. The molecule has 1 N–H and O–H groups in total. The zero-order chi connectivity index (χ0) is 13.2. The summed E-state index contributed by atoms with van der Waals surface area (Å²) < 4.78 is 1.19. The van der Waals surface area contributed by atoms with Gasteiger partial charge in [-0.15, -0.1) is 0 Å². The molecule has 0 saturated heterocycles. The number of halogens is 1. The molecule has 3 heteroatoms. The lowest BCUT2D eigenvalue weighted by Gasteiger charge is -2.17. The van der Waals surface area contributed by atoms with Crippen LogP contribution in [-0.4, -0.2) is 25.1 Å². The van der Waals surface area contributed by atoms with E-state index in [2.05, 4.69) is 58.7 Å². The number of thioether (sulfide) groups is 1. The normalized spacial score (nSPS) is 12.6. The van der Waals surface area contributed by atoms with E-state index in [1.165, 1.54) is 35.1 Å². The van der Waals surface area contributed by atoms with E-state index in [1.54, 1.807) is 0 Å². The van der Waals surface area contributed by atoms with Crippen LogP contribution in [0.3, 0.4) is 0 Å². The molecule has 0 aliphatic carbocycles. The molecule has 0 aliphatic rings. The van der Waals surface area contributed by atoms with Crippen molar-refractivity contribution in [2.75, 3.05) is 25.1 Å². The highest BCUT2D eigenvalue weighted by molar-refractivity contribution is 9.10. The number of benzene rings is 1. The summed E-state index contributed by atoms with van der Waals surface area (Å²) in [7, 11) is 0. The van der Waals surface area contributed by atoms with E-state index >= 15 is 0 Å². The van der Waals surface area contributed by atoms with E-state index in [9.17, 15) is 0 Å². The lowest BCUT2D eigenvalue weighted by molar-refractivity contribution is 0.446. The first-order chi connectivity index (χ1) is 8.76. The van der Waals surface area contributed by atoms with E-state index in [-0.39, 0.29) is 0 Å². The maximum atomic E-state index is 3.55. The zero-order valence-corrected chi connectivity index (χ0v) is 13.8. The number of rotatable bonds is 9. The van der Waals surface area contributed by atoms with Crippen LogP contribution in [0, 0.1) is 5.92 Å². The van der Waals surface area contributed by atoms with Gasteiger partial charge in [0.15, 0.2) is 0 Å². The van der Waals surface area contributed by atoms with E-state index in [1.807, 2.05) is 11.8 Å². The predicted octanol–water partition coefficient (Wildman–Crippen LogP) is 4.36. The highest BCUT2D eigenvalue weighted by Crippen LogP contribution is 2.18. The van der Waals surface area contributed by atoms with Gasteiger partial charge in [0.25, 0.3) is 0 Å². The molecule has 0 aliphatic heterocycles. The molecule has 0 aromatic heterocycles. The van der Waals surface area contributed by atoms with Crippen LogP contribution in [0.2, 0.25) is 0 Å². The smallest absolute Gasteiger partial charge is 0.0177 e. The summed E-state index contributed by atoms with van der Waals surface area (Å²) in [6, 6.07) is 8.70. The standard InChI is InChI=1S/C15H24BrNS/c1-3-17-12-14(7-5-9-18-2)10-13-6-4-8-15(16)11-13/h4,6,8,11,14,17H,3,5,7,9-10,12H2,1-2H3. The maximum absolute atomic E-state index is 3.55. The van der Waals surface area contributed by atoms with E-state index in [4.69, 9.17) is 0 Å². The fraction of sp³-hybridized carbons (Fsp3) is 0.600. The molecule has 1 aromatic carbocycles. The van der Waals surface area contributed by atoms with E-state index in [0.29, 0.717) is 0 Å². The molecule has 0 radical (unpaired) electrons. The third-order valence-electron chi connectivity index (χ3n) is 3.06. The van der Waals surface area contributed by atoms with Gasteiger partial charge in [-0.3, -0.25) is 0 Å². The van der Waals surface area contributed by atoms with E-state index < -0.39 is 0 Å². The average Bonchev–Trinajstić information content (AvgIpc) is 2.36. The van der Waals surface area contributed by atoms with Crippen molar-refractivity contribution < 1.29 is 0 Å². The molecule has 1 rings (SSSR count). The summed E-state index contributed by atoms with van der Waals surface area (Å²) in [5.41, 5.74) is 1.44. The third-order valence-corrected chi connectivity index (χ3v) is 4.25. The molecule has 0 spiro atoms.